The maximum atomic E-state index is 12.1. The molecule has 0 fully saturated rings. The van der Waals surface area contributed by atoms with Gasteiger partial charge in [0, 0.05) is 48.4 Å². The van der Waals surface area contributed by atoms with E-state index < -0.39 is 0 Å². The highest BCUT2D eigenvalue weighted by molar-refractivity contribution is 5.94. The lowest BCUT2D eigenvalue weighted by molar-refractivity contribution is -0.123. The van der Waals surface area contributed by atoms with Gasteiger partial charge < -0.3 is 24.7 Å². The third-order valence-electron chi connectivity index (χ3n) is 5.00. The Labute approximate surface area is 168 Å². The van der Waals surface area contributed by atoms with Crippen molar-refractivity contribution in [2.75, 3.05) is 25.6 Å². The fourth-order valence-corrected chi connectivity index (χ4v) is 3.46. The molecule has 0 spiro atoms. The maximum Gasteiger partial charge on any atom is 0.258 e. The Balaban J connectivity index is 1.27. The highest BCUT2D eigenvalue weighted by Gasteiger charge is 2.15. The predicted molar refractivity (Wildman–Crippen MR) is 110 cm³/mol. The summed E-state index contributed by atoms with van der Waals surface area (Å²) in [6.07, 6.45) is 3.22. The van der Waals surface area contributed by atoms with E-state index in [9.17, 15) is 9.59 Å². The molecule has 1 aromatic heterocycles. The molecule has 0 saturated carbocycles. The summed E-state index contributed by atoms with van der Waals surface area (Å²) in [5.41, 5.74) is 2.93. The number of ether oxygens (including phenoxy) is 2. The van der Waals surface area contributed by atoms with Gasteiger partial charge in [0.15, 0.2) is 6.61 Å². The van der Waals surface area contributed by atoms with Crippen LogP contribution in [0.15, 0.2) is 48.7 Å². The summed E-state index contributed by atoms with van der Waals surface area (Å²) in [4.78, 5) is 23.6. The lowest BCUT2D eigenvalue weighted by atomic mass is 10.0. The van der Waals surface area contributed by atoms with Gasteiger partial charge in [-0.15, -0.1) is 0 Å². The van der Waals surface area contributed by atoms with Crippen LogP contribution in [-0.4, -0.2) is 36.6 Å². The van der Waals surface area contributed by atoms with E-state index in [0.29, 0.717) is 25.3 Å². The van der Waals surface area contributed by atoms with Crippen LogP contribution in [0.3, 0.4) is 0 Å². The molecular formula is C22H23N3O4. The second kappa shape index (κ2) is 8.26. The number of rotatable bonds is 7. The Hall–Kier alpha value is -3.48. The molecule has 1 aliphatic heterocycles. The first-order valence-electron chi connectivity index (χ1n) is 9.57. The number of anilines is 1. The average Bonchev–Trinajstić information content (AvgIpc) is 3.14. The second-order valence-electron chi connectivity index (χ2n) is 6.94. The monoisotopic (exact) mass is 393 g/mol. The first-order valence-corrected chi connectivity index (χ1v) is 9.57. The molecule has 0 aliphatic carbocycles. The summed E-state index contributed by atoms with van der Waals surface area (Å²) >= 11 is 0. The second-order valence-corrected chi connectivity index (χ2v) is 6.94. The lowest BCUT2D eigenvalue weighted by Gasteiger charge is -2.17. The van der Waals surface area contributed by atoms with Gasteiger partial charge in [-0.25, -0.2) is 0 Å². The molecule has 1 aliphatic rings. The minimum atomic E-state index is -0.190. The SMILES string of the molecule is COc1ccc2c(ccn2CCNC(=O)COc2ccc3c(c2)NC(=O)CC3)c1. The third-order valence-corrected chi connectivity index (χ3v) is 5.00. The molecule has 4 rings (SSSR count). The van der Waals surface area contributed by atoms with E-state index in [-0.39, 0.29) is 18.4 Å². The quantitative estimate of drug-likeness (QED) is 0.647. The minimum Gasteiger partial charge on any atom is -0.497 e. The number of methoxy groups -OCH3 is 1. The number of amides is 2. The average molecular weight is 393 g/mol. The van der Waals surface area contributed by atoms with Crippen molar-refractivity contribution < 1.29 is 19.1 Å². The van der Waals surface area contributed by atoms with E-state index in [1.807, 2.05) is 42.6 Å². The Kier molecular flexibility index (Phi) is 5.37. The molecular weight excluding hydrogens is 370 g/mol. The van der Waals surface area contributed by atoms with E-state index in [0.717, 1.165) is 34.3 Å². The van der Waals surface area contributed by atoms with E-state index in [2.05, 4.69) is 15.2 Å². The van der Waals surface area contributed by atoms with Crippen LogP contribution in [-0.2, 0) is 22.6 Å². The molecule has 7 nitrogen and oxygen atoms in total. The Morgan fingerprint density at radius 2 is 2.00 bits per heavy atom. The molecule has 0 bridgehead atoms. The first-order chi connectivity index (χ1) is 14.1. The zero-order valence-electron chi connectivity index (χ0n) is 16.2. The number of aryl methyl sites for hydroxylation is 1. The molecule has 3 aromatic rings. The van der Waals surface area contributed by atoms with Gasteiger partial charge >= 0.3 is 0 Å². The molecule has 2 amide bonds. The molecule has 0 atom stereocenters. The van der Waals surface area contributed by atoms with Crippen molar-refractivity contribution in [1.82, 2.24) is 9.88 Å². The molecule has 0 saturated heterocycles. The molecule has 2 aromatic carbocycles. The highest BCUT2D eigenvalue weighted by Crippen LogP contribution is 2.27. The van der Waals surface area contributed by atoms with Gasteiger partial charge in [-0.3, -0.25) is 9.59 Å². The zero-order valence-corrected chi connectivity index (χ0v) is 16.2. The third kappa shape index (κ3) is 4.34. The Bertz CT molecular complexity index is 1060. The number of hydrogen-bond donors (Lipinski definition) is 2. The standard InChI is InChI=1S/C22H23N3O4/c1-28-17-5-6-20-16(12-17)8-10-25(20)11-9-23-22(27)14-29-18-4-2-15-3-7-21(26)24-19(15)13-18/h2,4-6,8,10,12-13H,3,7,9,11,14H2,1H3,(H,23,27)(H,24,26). The van der Waals surface area contributed by atoms with Crippen molar-refractivity contribution in [3.05, 3.63) is 54.2 Å². The predicted octanol–water partition coefficient (Wildman–Crippen LogP) is 2.73. The zero-order chi connectivity index (χ0) is 20.2. The van der Waals surface area contributed by atoms with Gasteiger partial charge in [0.05, 0.1) is 7.11 Å². The summed E-state index contributed by atoms with van der Waals surface area (Å²) in [6.45, 7) is 1.08. The number of aromatic nitrogens is 1. The van der Waals surface area contributed by atoms with Crippen LogP contribution in [0.2, 0.25) is 0 Å². The molecule has 2 N–H and O–H groups in total. The fraction of sp³-hybridized carbons (Fsp3) is 0.273. The molecule has 0 unspecified atom stereocenters. The number of nitrogens with one attached hydrogen (secondary N) is 2. The molecule has 150 valence electrons. The van der Waals surface area contributed by atoms with Crippen molar-refractivity contribution in [3.63, 3.8) is 0 Å². The summed E-state index contributed by atoms with van der Waals surface area (Å²) < 4.78 is 12.9. The summed E-state index contributed by atoms with van der Waals surface area (Å²) in [5, 5.41) is 6.79. The van der Waals surface area contributed by atoms with Crippen molar-refractivity contribution in [3.8, 4) is 11.5 Å². The number of carbonyl (C=O) groups is 2. The van der Waals surface area contributed by atoms with Crippen LogP contribution >= 0.6 is 0 Å². The van der Waals surface area contributed by atoms with Crippen LogP contribution < -0.4 is 20.1 Å². The number of benzene rings is 2. The molecule has 0 radical (unpaired) electrons. The van der Waals surface area contributed by atoms with E-state index >= 15 is 0 Å². The smallest absolute Gasteiger partial charge is 0.258 e. The number of nitrogens with zero attached hydrogens (tertiary/aromatic N) is 1. The van der Waals surface area contributed by atoms with Gasteiger partial charge in [0.1, 0.15) is 11.5 Å². The lowest BCUT2D eigenvalue weighted by Crippen LogP contribution is -2.31. The van der Waals surface area contributed by atoms with Crippen molar-refractivity contribution in [2.24, 2.45) is 0 Å². The van der Waals surface area contributed by atoms with Crippen LogP contribution in [0.25, 0.3) is 10.9 Å². The Morgan fingerprint density at radius 1 is 1.14 bits per heavy atom. The fourth-order valence-electron chi connectivity index (χ4n) is 3.46. The van der Waals surface area contributed by atoms with Crippen LogP contribution in [0.4, 0.5) is 5.69 Å². The molecule has 2 heterocycles. The Morgan fingerprint density at radius 3 is 2.86 bits per heavy atom. The van der Waals surface area contributed by atoms with Crippen molar-refractivity contribution in [2.45, 2.75) is 19.4 Å². The van der Waals surface area contributed by atoms with Crippen molar-refractivity contribution in [1.29, 1.82) is 0 Å². The van der Waals surface area contributed by atoms with Gasteiger partial charge in [0.2, 0.25) is 5.91 Å². The van der Waals surface area contributed by atoms with Crippen molar-refractivity contribution >= 4 is 28.4 Å². The summed E-state index contributed by atoms with van der Waals surface area (Å²) in [7, 11) is 1.65. The van der Waals surface area contributed by atoms with E-state index in [1.54, 1.807) is 13.2 Å². The van der Waals surface area contributed by atoms with E-state index in [1.165, 1.54) is 0 Å². The van der Waals surface area contributed by atoms with Gasteiger partial charge in [0.25, 0.3) is 5.91 Å². The number of fused-ring (bicyclic) bond motifs is 2. The largest absolute Gasteiger partial charge is 0.497 e. The summed E-state index contributed by atoms with van der Waals surface area (Å²) in [6, 6.07) is 13.5. The first kappa shape index (κ1) is 18.9. The van der Waals surface area contributed by atoms with Crippen LogP contribution in [0.5, 0.6) is 11.5 Å². The normalized spacial score (nSPS) is 12.9. The highest BCUT2D eigenvalue weighted by atomic mass is 16.5. The summed E-state index contributed by atoms with van der Waals surface area (Å²) in [5.74, 6) is 1.20. The van der Waals surface area contributed by atoms with Gasteiger partial charge in [-0.1, -0.05) is 6.07 Å². The van der Waals surface area contributed by atoms with Gasteiger partial charge in [-0.2, -0.15) is 0 Å². The van der Waals surface area contributed by atoms with Crippen LogP contribution in [0, 0.1) is 0 Å². The molecule has 7 heteroatoms. The van der Waals surface area contributed by atoms with Gasteiger partial charge in [-0.05, 0) is 42.3 Å². The molecule has 29 heavy (non-hydrogen) atoms. The van der Waals surface area contributed by atoms with E-state index in [4.69, 9.17) is 9.47 Å². The maximum absolute atomic E-state index is 12.1. The van der Waals surface area contributed by atoms with Crippen LogP contribution in [0.1, 0.15) is 12.0 Å². The minimum absolute atomic E-state index is 0.00312. The number of carbonyl (C=O) groups excluding carboxylic acids is 2. The topological polar surface area (TPSA) is 81.6 Å². The number of hydrogen-bond acceptors (Lipinski definition) is 4.